The number of fused-ring (bicyclic) bond motifs is 1. The van der Waals surface area contributed by atoms with Crippen LogP contribution in [0.3, 0.4) is 0 Å². The van der Waals surface area contributed by atoms with Gasteiger partial charge in [0.1, 0.15) is 5.82 Å². The molecule has 3 heterocycles. The van der Waals surface area contributed by atoms with Gasteiger partial charge in [0.2, 0.25) is 0 Å². The number of benzene rings is 2. The Bertz CT molecular complexity index is 1230. The normalized spacial score (nSPS) is 14.3. The van der Waals surface area contributed by atoms with Crippen LogP contribution < -0.4 is 4.90 Å². The van der Waals surface area contributed by atoms with Crippen LogP contribution in [-0.2, 0) is 0 Å². The van der Waals surface area contributed by atoms with E-state index in [2.05, 4.69) is 24.0 Å². The third-order valence-electron chi connectivity index (χ3n) is 5.55. The van der Waals surface area contributed by atoms with Gasteiger partial charge in [-0.15, -0.1) is 11.3 Å². The van der Waals surface area contributed by atoms with Crippen LogP contribution in [0.15, 0.2) is 60.0 Å². The van der Waals surface area contributed by atoms with Gasteiger partial charge in [-0.05, 0) is 36.6 Å². The third-order valence-corrected chi connectivity index (χ3v) is 6.64. The topological polar surface area (TPSA) is 49.3 Å². The van der Waals surface area contributed by atoms with Gasteiger partial charge in [-0.1, -0.05) is 47.5 Å². The smallest absolute Gasteiger partial charge is 0.264 e. The number of rotatable bonds is 3. The molecular formula is C24H21ClN4OS. The summed E-state index contributed by atoms with van der Waals surface area (Å²) in [6.45, 7) is 4.83. The average molecular weight is 449 g/mol. The zero-order chi connectivity index (χ0) is 21.4. The fourth-order valence-electron chi connectivity index (χ4n) is 3.84. The molecule has 5 nitrogen and oxygen atoms in total. The molecule has 0 bridgehead atoms. The van der Waals surface area contributed by atoms with Crippen molar-refractivity contribution in [3.05, 3.63) is 75.4 Å². The number of piperazine rings is 1. The first-order valence-electron chi connectivity index (χ1n) is 10.2. The van der Waals surface area contributed by atoms with E-state index in [9.17, 15) is 4.79 Å². The van der Waals surface area contributed by atoms with Crippen molar-refractivity contribution in [2.75, 3.05) is 31.1 Å². The number of aryl methyl sites for hydroxylation is 1. The number of nitrogens with zero attached hydrogens (tertiary/aromatic N) is 4. The largest absolute Gasteiger partial charge is 0.352 e. The SMILES string of the molecule is Cc1ccc(-c2nc(N3CCN(C(=O)c4cccs4)CC3)c3ccc(Cl)cc3n2)cc1. The lowest BCUT2D eigenvalue weighted by molar-refractivity contribution is 0.0751. The summed E-state index contributed by atoms with van der Waals surface area (Å²) < 4.78 is 0. The van der Waals surface area contributed by atoms with Crippen LogP contribution in [-0.4, -0.2) is 47.0 Å². The van der Waals surface area contributed by atoms with Gasteiger partial charge >= 0.3 is 0 Å². The number of carbonyl (C=O) groups excluding carboxylic acids is 1. The summed E-state index contributed by atoms with van der Waals surface area (Å²) >= 11 is 7.75. The van der Waals surface area contributed by atoms with Gasteiger partial charge in [-0.25, -0.2) is 9.97 Å². The summed E-state index contributed by atoms with van der Waals surface area (Å²) in [6, 6.07) is 17.8. The average Bonchev–Trinajstić information content (AvgIpc) is 3.33. The predicted molar refractivity (Wildman–Crippen MR) is 127 cm³/mol. The molecule has 5 rings (SSSR count). The highest BCUT2D eigenvalue weighted by atomic mass is 35.5. The van der Waals surface area contributed by atoms with Crippen molar-refractivity contribution in [3.63, 3.8) is 0 Å². The maximum absolute atomic E-state index is 12.7. The summed E-state index contributed by atoms with van der Waals surface area (Å²) in [7, 11) is 0. The highest BCUT2D eigenvalue weighted by molar-refractivity contribution is 7.12. The van der Waals surface area contributed by atoms with Gasteiger partial charge in [-0.2, -0.15) is 0 Å². The van der Waals surface area contributed by atoms with Crippen LogP contribution in [0.5, 0.6) is 0 Å². The van der Waals surface area contributed by atoms with Gasteiger partial charge in [-0.3, -0.25) is 4.79 Å². The Labute approximate surface area is 189 Å². The first-order chi connectivity index (χ1) is 15.1. The molecule has 1 amide bonds. The zero-order valence-corrected chi connectivity index (χ0v) is 18.7. The molecular weight excluding hydrogens is 428 g/mol. The zero-order valence-electron chi connectivity index (χ0n) is 17.1. The summed E-state index contributed by atoms with van der Waals surface area (Å²) in [5.74, 6) is 1.68. The van der Waals surface area contributed by atoms with E-state index in [-0.39, 0.29) is 5.91 Å². The van der Waals surface area contributed by atoms with E-state index in [1.165, 1.54) is 16.9 Å². The Morgan fingerprint density at radius 2 is 1.77 bits per heavy atom. The number of aromatic nitrogens is 2. The molecule has 0 saturated carbocycles. The third kappa shape index (κ3) is 4.01. The fraction of sp³-hybridized carbons (Fsp3) is 0.208. The second-order valence-corrected chi connectivity index (χ2v) is 9.04. The van der Waals surface area contributed by atoms with Crippen molar-refractivity contribution < 1.29 is 4.79 Å². The molecule has 0 atom stereocenters. The summed E-state index contributed by atoms with van der Waals surface area (Å²) in [6.07, 6.45) is 0. The molecule has 0 radical (unpaired) electrons. The molecule has 31 heavy (non-hydrogen) atoms. The van der Waals surface area contributed by atoms with Crippen molar-refractivity contribution in [3.8, 4) is 11.4 Å². The second-order valence-electron chi connectivity index (χ2n) is 7.65. The predicted octanol–water partition coefficient (Wildman–Crippen LogP) is 5.28. The van der Waals surface area contributed by atoms with E-state index in [1.807, 2.05) is 52.7 Å². The van der Waals surface area contributed by atoms with Crippen molar-refractivity contribution >= 4 is 45.6 Å². The van der Waals surface area contributed by atoms with Gasteiger partial charge in [0.25, 0.3) is 5.91 Å². The van der Waals surface area contributed by atoms with Gasteiger partial charge < -0.3 is 9.80 Å². The molecule has 1 aliphatic rings. The monoisotopic (exact) mass is 448 g/mol. The van der Waals surface area contributed by atoms with Crippen LogP contribution in [0.4, 0.5) is 5.82 Å². The molecule has 0 unspecified atom stereocenters. The molecule has 1 aliphatic heterocycles. The number of hydrogen-bond donors (Lipinski definition) is 0. The van der Waals surface area contributed by atoms with Gasteiger partial charge in [0, 0.05) is 42.2 Å². The quantitative estimate of drug-likeness (QED) is 0.427. The fourth-order valence-corrected chi connectivity index (χ4v) is 4.69. The number of carbonyl (C=O) groups is 1. The minimum absolute atomic E-state index is 0.106. The van der Waals surface area contributed by atoms with Crippen molar-refractivity contribution in [1.82, 2.24) is 14.9 Å². The lowest BCUT2D eigenvalue weighted by Gasteiger charge is -2.35. The standard InChI is InChI=1S/C24H21ClN4OS/c1-16-4-6-17(7-5-16)22-26-20-15-18(25)8-9-19(20)23(27-22)28-10-12-29(13-11-28)24(30)21-3-2-14-31-21/h2-9,14-15H,10-13H2,1H3. The number of thiophene rings is 1. The van der Waals surface area contributed by atoms with Gasteiger partial charge in [0.05, 0.1) is 10.4 Å². The first-order valence-corrected chi connectivity index (χ1v) is 11.5. The van der Waals surface area contributed by atoms with E-state index in [1.54, 1.807) is 0 Å². The number of halogens is 1. The van der Waals surface area contributed by atoms with Crippen molar-refractivity contribution in [1.29, 1.82) is 0 Å². The molecule has 0 aliphatic carbocycles. The van der Waals surface area contributed by atoms with Gasteiger partial charge in [0.15, 0.2) is 5.82 Å². The highest BCUT2D eigenvalue weighted by Gasteiger charge is 2.25. The number of hydrogen-bond acceptors (Lipinski definition) is 5. The Balaban J connectivity index is 1.47. The molecule has 0 spiro atoms. The summed E-state index contributed by atoms with van der Waals surface area (Å²) in [5, 5.41) is 3.56. The number of anilines is 1. The molecule has 4 aromatic rings. The van der Waals surface area contributed by atoms with Crippen LogP contribution in [0.1, 0.15) is 15.2 Å². The van der Waals surface area contributed by atoms with Crippen LogP contribution in [0.2, 0.25) is 5.02 Å². The lowest BCUT2D eigenvalue weighted by Crippen LogP contribution is -2.49. The molecule has 0 N–H and O–H groups in total. The van der Waals surface area contributed by atoms with Crippen LogP contribution >= 0.6 is 22.9 Å². The minimum Gasteiger partial charge on any atom is -0.352 e. The summed E-state index contributed by atoms with van der Waals surface area (Å²) in [4.78, 5) is 27.4. The van der Waals surface area contributed by atoms with E-state index in [4.69, 9.17) is 21.6 Å². The van der Waals surface area contributed by atoms with E-state index in [0.29, 0.717) is 23.9 Å². The highest BCUT2D eigenvalue weighted by Crippen LogP contribution is 2.30. The Kier molecular flexibility index (Phi) is 5.34. The Morgan fingerprint density at radius 1 is 1.00 bits per heavy atom. The maximum Gasteiger partial charge on any atom is 0.264 e. The Hall–Kier alpha value is -2.96. The minimum atomic E-state index is 0.106. The molecule has 2 aromatic heterocycles. The van der Waals surface area contributed by atoms with E-state index >= 15 is 0 Å². The lowest BCUT2D eigenvalue weighted by atomic mass is 10.1. The Morgan fingerprint density at radius 3 is 2.48 bits per heavy atom. The maximum atomic E-state index is 12.7. The molecule has 7 heteroatoms. The second kappa shape index (κ2) is 8.29. The van der Waals surface area contributed by atoms with Crippen molar-refractivity contribution in [2.24, 2.45) is 0 Å². The van der Waals surface area contributed by atoms with Crippen LogP contribution in [0.25, 0.3) is 22.3 Å². The van der Waals surface area contributed by atoms with Crippen molar-refractivity contribution in [2.45, 2.75) is 6.92 Å². The number of amides is 1. The van der Waals surface area contributed by atoms with E-state index in [0.717, 1.165) is 40.3 Å². The molecule has 1 saturated heterocycles. The molecule has 1 fully saturated rings. The summed E-state index contributed by atoms with van der Waals surface area (Å²) in [5.41, 5.74) is 2.99. The molecule has 156 valence electrons. The molecule has 2 aromatic carbocycles. The van der Waals surface area contributed by atoms with E-state index < -0.39 is 0 Å². The first kappa shape index (κ1) is 20.0. The van der Waals surface area contributed by atoms with Crippen LogP contribution in [0, 0.1) is 6.92 Å².